The number of benzene rings is 1. The second-order valence-corrected chi connectivity index (χ2v) is 7.55. The van der Waals surface area contributed by atoms with Crippen LogP contribution < -0.4 is 5.32 Å². The number of carbonyl (C=O) groups excluding carboxylic acids is 3. The van der Waals surface area contributed by atoms with Crippen LogP contribution in [0.3, 0.4) is 0 Å². The topological polar surface area (TPSA) is 92.3 Å². The lowest BCUT2D eigenvalue weighted by molar-refractivity contribution is -0.115. The van der Waals surface area contributed by atoms with Crippen molar-refractivity contribution in [2.24, 2.45) is 0 Å². The molecule has 0 aliphatic heterocycles. The second kappa shape index (κ2) is 9.30. The van der Waals surface area contributed by atoms with E-state index in [1.807, 2.05) is 32.0 Å². The zero-order valence-corrected chi connectivity index (χ0v) is 18.0. The number of hydrogen-bond donors (Lipinski definition) is 1. The Balaban J connectivity index is 1.79. The number of pyridine rings is 2. The quantitative estimate of drug-likeness (QED) is 0.622. The van der Waals surface area contributed by atoms with E-state index in [0.29, 0.717) is 17.7 Å². The van der Waals surface area contributed by atoms with Gasteiger partial charge in [-0.3, -0.25) is 19.4 Å². The molecular formula is C24H24N4O3. The van der Waals surface area contributed by atoms with Gasteiger partial charge in [0.05, 0.1) is 12.0 Å². The molecule has 1 aromatic carbocycles. The SMILES string of the molecule is Cc1cc(C=O)c(C(=O)N(C)C)c(CC(=O)Nc2ccc(-c3ccc(C)nc3)cn2)c1. The molecule has 7 nitrogen and oxygen atoms in total. The number of aldehydes is 1. The van der Waals surface area contributed by atoms with Gasteiger partial charge < -0.3 is 10.2 Å². The molecule has 2 aromatic heterocycles. The minimum absolute atomic E-state index is 0.0528. The van der Waals surface area contributed by atoms with Crippen LogP contribution in [0.15, 0.2) is 48.8 Å². The molecule has 0 atom stereocenters. The highest BCUT2D eigenvalue weighted by molar-refractivity contribution is 6.04. The predicted molar refractivity (Wildman–Crippen MR) is 119 cm³/mol. The van der Waals surface area contributed by atoms with Crippen molar-refractivity contribution in [3.8, 4) is 11.1 Å². The lowest BCUT2D eigenvalue weighted by Crippen LogP contribution is -2.26. The van der Waals surface area contributed by atoms with Gasteiger partial charge in [-0.15, -0.1) is 0 Å². The van der Waals surface area contributed by atoms with Gasteiger partial charge in [-0.1, -0.05) is 17.7 Å². The predicted octanol–water partition coefficient (Wildman–Crippen LogP) is 3.46. The first kappa shape index (κ1) is 21.8. The van der Waals surface area contributed by atoms with Crippen LogP contribution in [0.5, 0.6) is 0 Å². The summed E-state index contributed by atoms with van der Waals surface area (Å²) in [7, 11) is 3.21. The molecule has 3 aromatic rings. The highest BCUT2D eigenvalue weighted by Gasteiger charge is 2.20. The summed E-state index contributed by atoms with van der Waals surface area (Å²) >= 11 is 0. The minimum Gasteiger partial charge on any atom is -0.345 e. The van der Waals surface area contributed by atoms with Crippen LogP contribution in [-0.4, -0.2) is 47.1 Å². The van der Waals surface area contributed by atoms with Crippen molar-refractivity contribution in [3.63, 3.8) is 0 Å². The van der Waals surface area contributed by atoms with Crippen LogP contribution >= 0.6 is 0 Å². The third-order valence-corrected chi connectivity index (χ3v) is 4.77. The maximum atomic E-state index is 12.7. The Labute approximate surface area is 181 Å². The van der Waals surface area contributed by atoms with Crippen LogP contribution in [0, 0.1) is 13.8 Å². The van der Waals surface area contributed by atoms with Gasteiger partial charge in [-0.05, 0) is 43.7 Å². The second-order valence-electron chi connectivity index (χ2n) is 7.55. The maximum Gasteiger partial charge on any atom is 0.254 e. The Morgan fingerprint density at radius 3 is 2.23 bits per heavy atom. The molecule has 1 N–H and O–H groups in total. The smallest absolute Gasteiger partial charge is 0.254 e. The Hall–Kier alpha value is -3.87. The average molecular weight is 416 g/mol. The minimum atomic E-state index is -0.326. The van der Waals surface area contributed by atoms with E-state index in [9.17, 15) is 14.4 Å². The fraction of sp³-hybridized carbons (Fsp3) is 0.208. The summed E-state index contributed by atoms with van der Waals surface area (Å²) in [5.41, 5.74) is 4.57. The first-order valence-corrected chi connectivity index (χ1v) is 9.77. The fourth-order valence-electron chi connectivity index (χ4n) is 3.25. The average Bonchev–Trinajstić information content (AvgIpc) is 2.74. The number of carbonyl (C=O) groups is 3. The van der Waals surface area contributed by atoms with E-state index in [1.54, 1.807) is 44.7 Å². The summed E-state index contributed by atoms with van der Waals surface area (Å²) in [6.45, 7) is 3.74. The first-order valence-electron chi connectivity index (χ1n) is 9.77. The van der Waals surface area contributed by atoms with Crippen LogP contribution in [0.1, 0.15) is 37.5 Å². The number of nitrogens with zero attached hydrogens (tertiary/aromatic N) is 3. The fourth-order valence-corrected chi connectivity index (χ4v) is 3.25. The number of aromatic nitrogens is 2. The summed E-state index contributed by atoms with van der Waals surface area (Å²) in [5, 5.41) is 2.75. The van der Waals surface area contributed by atoms with E-state index in [2.05, 4.69) is 15.3 Å². The Bertz CT molecular complexity index is 1120. The molecular weight excluding hydrogens is 392 g/mol. The molecule has 0 saturated carbocycles. The largest absolute Gasteiger partial charge is 0.345 e. The highest BCUT2D eigenvalue weighted by Crippen LogP contribution is 2.21. The van der Waals surface area contributed by atoms with Crippen molar-refractivity contribution < 1.29 is 14.4 Å². The maximum absolute atomic E-state index is 12.7. The van der Waals surface area contributed by atoms with Gasteiger partial charge in [-0.25, -0.2) is 4.98 Å². The lowest BCUT2D eigenvalue weighted by atomic mass is 9.95. The molecule has 0 spiro atoms. The van der Waals surface area contributed by atoms with Crippen molar-refractivity contribution >= 4 is 23.9 Å². The van der Waals surface area contributed by atoms with Crippen LogP contribution in [0.2, 0.25) is 0 Å². The number of anilines is 1. The summed E-state index contributed by atoms with van der Waals surface area (Å²) in [4.78, 5) is 46.7. The van der Waals surface area contributed by atoms with E-state index in [1.165, 1.54) is 4.90 Å². The van der Waals surface area contributed by atoms with Gasteiger partial charge in [-0.2, -0.15) is 0 Å². The molecule has 158 valence electrons. The molecule has 31 heavy (non-hydrogen) atoms. The van der Waals surface area contributed by atoms with Crippen molar-refractivity contribution in [2.75, 3.05) is 19.4 Å². The van der Waals surface area contributed by atoms with Crippen molar-refractivity contribution in [3.05, 3.63) is 76.7 Å². The van der Waals surface area contributed by atoms with Crippen molar-refractivity contribution in [2.45, 2.75) is 20.3 Å². The summed E-state index contributed by atoms with van der Waals surface area (Å²) in [6.07, 6.45) is 4.03. The molecule has 0 aliphatic carbocycles. The Morgan fingerprint density at radius 1 is 1.00 bits per heavy atom. The Morgan fingerprint density at radius 2 is 1.68 bits per heavy atom. The van der Waals surface area contributed by atoms with Crippen molar-refractivity contribution in [1.29, 1.82) is 0 Å². The van der Waals surface area contributed by atoms with E-state index in [-0.39, 0.29) is 29.4 Å². The van der Waals surface area contributed by atoms with Gasteiger partial charge in [0.15, 0.2) is 6.29 Å². The van der Waals surface area contributed by atoms with E-state index >= 15 is 0 Å². The summed E-state index contributed by atoms with van der Waals surface area (Å²) in [6, 6.07) is 10.9. The van der Waals surface area contributed by atoms with E-state index in [0.717, 1.165) is 22.4 Å². The number of hydrogen-bond acceptors (Lipinski definition) is 5. The van der Waals surface area contributed by atoms with Crippen LogP contribution in [0.4, 0.5) is 5.82 Å². The van der Waals surface area contributed by atoms with E-state index < -0.39 is 0 Å². The molecule has 0 aliphatic rings. The number of rotatable bonds is 6. The summed E-state index contributed by atoms with van der Waals surface area (Å²) < 4.78 is 0. The normalized spacial score (nSPS) is 10.5. The summed E-state index contributed by atoms with van der Waals surface area (Å²) in [5.74, 6) is -0.246. The highest BCUT2D eigenvalue weighted by atomic mass is 16.2. The Kier molecular flexibility index (Phi) is 6.55. The third kappa shape index (κ3) is 5.19. The number of aryl methyl sites for hydroxylation is 2. The van der Waals surface area contributed by atoms with Crippen LogP contribution in [-0.2, 0) is 11.2 Å². The molecule has 0 radical (unpaired) electrons. The first-order chi connectivity index (χ1) is 14.8. The zero-order valence-electron chi connectivity index (χ0n) is 18.0. The molecule has 0 bridgehead atoms. The van der Waals surface area contributed by atoms with E-state index in [4.69, 9.17) is 0 Å². The monoisotopic (exact) mass is 416 g/mol. The molecule has 3 rings (SSSR count). The van der Waals surface area contributed by atoms with Gasteiger partial charge in [0, 0.05) is 48.9 Å². The van der Waals surface area contributed by atoms with Gasteiger partial charge >= 0.3 is 0 Å². The molecule has 2 heterocycles. The number of nitrogens with one attached hydrogen (secondary N) is 1. The zero-order chi connectivity index (χ0) is 22.5. The van der Waals surface area contributed by atoms with Gasteiger partial charge in [0.2, 0.25) is 5.91 Å². The number of amides is 2. The standard InChI is InChI=1S/C24H24N4O3/c1-15-9-19(23(20(10-15)14-29)24(31)28(3)4)11-22(30)27-21-8-7-18(13-26-21)17-6-5-16(2)25-12-17/h5-10,12-14H,11H2,1-4H3,(H,26,27,30). The van der Waals surface area contributed by atoms with Gasteiger partial charge in [0.25, 0.3) is 5.91 Å². The van der Waals surface area contributed by atoms with Gasteiger partial charge in [0.1, 0.15) is 5.82 Å². The molecule has 0 fully saturated rings. The molecule has 7 heteroatoms. The van der Waals surface area contributed by atoms with Crippen molar-refractivity contribution in [1.82, 2.24) is 14.9 Å². The molecule has 0 unspecified atom stereocenters. The lowest BCUT2D eigenvalue weighted by Gasteiger charge is -2.17. The molecule has 2 amide bonds. The molecule has 0 saturated heterocycles. The third-order valence-electron chi connectivity index (χ3n) is 4.77. The van der Waals surface area contributed by atoms with Crippen LogP contribution in [0.25, 0.3) is 11.1 Å².